The maximum absolute atomic E-state index is 12.6. The maximum Gasteiger partial charge on any atom is 0.359 e. The van der Waals surface area contributed by atoms with Crippen molar-refractivity contribution in [3.63, 3.8) is 0 Å². The largest absolute Gasteiger partial charge is 0.476 e. The summed E-state index contributed by atoms with van der Waals surface area (Å²) in [6.45, 7) is 1.20. The molecule has 0 amide bonds. The first-order chi connectivity index (χ1) is 12.2. The van der Waals surface area contributed by atoms with Gasteiger partial charge in [-0.05, 0) is 23.8 Å². The molecule has 0 radical (unpaired) electrons. The fourth-order valence-corrected chi connectivity index (χ4v) is 2.80. The zero-order chi connectivity index (χ0) is 17.2. The highest BCUT2D eigenvalue weighted by molar-refractivity contribution is 6.30. The van der Waals surface area contributed by atoms with E-state index in [0.717, 1.165) is 11.1 Å². The van der Waals surface area contributed by atoms with E-state index < -0.39 is 12.1 Å². The Morgan fingerprint density at radius 1 is 1.24 bits per heavy atom. The smallest absolute Gasteiger partial charge is 0.359 e. The Morgan fingerprint density at radius 2 is 2.08 bits per heavy atom. The molecule has 3 heterocycles. The molecule has 0 saturated heterocycles. The SMILES string of the molecule is O=C(OC(c1ccc(Cl)cc1)c1cccnc1)c1cc2n(n1)CCO2. The maximum atomic E-state index is 12.6. The van der Waals surface area contributed by atoms with Gasteiger partial charge in [-0.2, -0.15) is 5.10 Å². The molecule has 4 rings (SSSR count). The van der Waals surface area contributed by atoms with Crippen molar-refractivity contribution in [1.29, 1.82) is 0 Å². The van der Waals surface area contributed by atoms with Crippen molar-refractivity contribution in [2.75, 3.05) is 6.61 Å². The predicted octanol–water partition coefficient (Wildman–Crippen LogP) is 3.27. The average Bonchev–Trinajstić information content (AvgIpc) is 3.23. The van der Waals surface area contributed by atoms with Crippen LogP contribution < -0.4 is 4.74 Å². The lowest BCUT2D eigenvalue weighted by Gasteiger charge is -2.18. The van der Waals surface area contributed by atoms with Crippen LogP contribution in [-0.4, -0.2) is 27.3 Å². The van der Waals surface area contributed by atoms with Crippen molar-refractivity contribution in [2.45, 2.75) is 12.6 Å². The van der Waals surface area contributed by atoms with Crippen molar-refractivity contribution < 1.29 is 14.3 Å². The van der Waals surface area contributed by atoms with E-state index in [4.69, 9.17) is 21.1 Å². The molecule has 1 unspecified atom stereocenters. The van der Waals surface area contributed by atoms with Gasteiger partial charge in [0, 0.05) is 29.0 Å². The number of carbonyl (C=O) groups excluding carboxylic acids is 1. The van der Waals surface area contributed by atoms with Crippen LogP contribution in [-0.2, 0) is 11.3 Å². The lowest BCUT2D eigenvalue weighted by Crippen LogP contribution is -2.14. The van der Waals surface area contributed by atoms with Gasteiger partial charge in [0.05, 0.1) is 6.54 Å². The van der Waals surface area contributed by atoms with E-state index in [0.29, 0.717) is 24.1 Å². The molecule has 0 spiro atoms. The molecule has 1 atom stereocenters. The molecular weight excluding hydrogens is 342 g/mol. The summed E-state index contributed by atoms with van der Waals surface area (Å²) in [5, 5.41) is 4.84. The molecule has 0 bridgehead atoms. The van der Waals surface area contributed by atoms with Gasteiger partial charge in [0.2, 0.25) is 5.88 Å². The van der Waals surface area contributed by atoms with Gasteiger partial charge < -0.3 is 9.47 Å². The van der Waals surface area contributed by atoms with Crippen LogP contribution in [0.3, 0.4) is 0 Å². The second-order valence-electron chi connectivity index (χ2n) is 5.56. The minimum atomic E-state index is -0.601. The molecule has 3 aromatic rings. The number of rotatable bonds is 4. The molecule has 126 valence electrons. The first kappa shape index (κ1) is 15.7. The average molecular weight is 356 g/mol. The Hall–Kier alpha value is -2.86. The fraction of sp³-hybridized carbons (Fsp3) is 0.167. The summed E-state index contributed by atoms with van der Waals surface area (Å²) in [6.07, 6.45) is 2.74. The van der Waals surface area contributed by atoms with Crippen LogP contribution in [0.2, 0.25) is 5.02 Å². The quantitative estimate of drug-likeness (QED) is 0.672. The summed E-state index contributed by atoms with van der Waals surface area (Å²) >= 11 is 5.96. The lowest BCUT2D eigenvalue weighted by molar-refractivity contribution is 0.0369. The van der Waals surface area contributed by atoms with Crippen LogP contribution in [0.25, 0.3) is 0 Å². The van der Waals surface area contributed by atoms with E-state index in [2.05, 4.69) is 10.1 Å². The Kier molecular flexibility index (Phi) is 4.11. The van der Waals surface area contributed by atoms with Gasteiger partial charge in [-0.3, -0.25) is 4.98 Å². The third kappa shape index (κ3) is 3.21. The number of halogens is 1. The number of hydrogen-bond donors (Lipinski definition) is 0. The number of benzene rings is 1. The summed E-state index contributed by atoms with van der Waals surface area (Å²) in [7, 11) is 0. The van der Waals surface area contributed by atoms with Crippen LogP contribution >= 0.6 is 11.6 Å². The summed E-state index contributed by atoms with van der Waals surface area (Å²) in [4.78, 5) is 16.7. The summed E-state index contributed by atoms with van der Waals surface area (Å²) < 4.78 is 12.8. The van der Waals surface area contributed by atoms with Crippen molar-refractivity contribution in [3.8, 4) is 5.88 Å². The number of aromatic nitrogens is 3. The van der Waals surface area contributed by atoms with Gasteiger partial charge in [0.1, 0.15) is 6.61 Å². The monoisotopic (exact) mass is 355 g/mol. The van der Waals surface area contributed by atoms with E-state index in [1.807, 2.05) is 18.2 Å². The van der Waals surface area contributed by atoms with Crippen LogP contribution in [0.5, 0.6) is 5.88 Å². The fourth-order valence-electron chi connectivity index (χ4n) is 2.68. The summed E-state index contributed by atoms with van der Waals surface area (Å²) in [5.41, 5.74) is 1.78. The van der Waals surface area contributed by atoms with Gasteiger partial charge in [-0.15, -0.1) is 0 Å². The normalized spacial score (nSPS) is 13.8. The molecule has 0 aliphatic carbocycles. The minimum Gasteiger partial charge on any atom is -0.476 e. The van der Waals surface area contributed by atoms with Gasteiger partial charge in [-0.25, -0.2) is 9.48 Å². The second-order valence-corrected chi connectivity index (χ2v) is 6.00. The van der Waals surface area contributed by atoms with Crippen LogP contribution in [0.15, 0.2) is 54.9 Å². The molecule has 7 heteroatoms. The first-order valence-electron chi connectivity index (χ1n) is 7.78. The number of ether oxygens (including phenoxy) is 2. The summed E-state index contributed by atoms with van der Waals surface area (Å²) in [5.74, 6) is 0.0608. The van der Waals surface area contributed by atoms with E-state index in [1.165, 1.54) is 0 Å². The van der Waals surface area contributed by atoms with E-state index >= 15 is 0 Å². The standard InChI is InChI=1S/C18H14ClN3O3/c19-14-5-3-12(4-6-14)17(13-2-1-7-20-11-13)25-18(23)15-10-16-22(21-15)8-9-24-16/h1-7,10-11,17H,8-9H2. The highest BCUT2D eigenvalue weighted by Gasteiger charge is 2.25. The number of nitrogens with zero attached hydrogens (tertiary/aromatic N) is 3. The van der Waals surface area contributed by atoms with E-state index in [9.17, 15) is 4.79 Å². The van der Waals surface area contributed by atoms with Gasteiger partial charge in [0.15, 0.2) is 11.8 Å². The number of carbonyl (C=O) groups is 1. The Morgan fingerprint density at radius 3 is 2.80 bits per heavy atom. The number of hydrogen-bond acceptors (Lipinski definition) is 5. The first-order valence-corrected chi connectivity index (χ1v) is 8.15. The molecule has 1 aliphatic rings. The number of esters is 1. The van der Waals surface area contributed by atoms with Gasteiger partial charge in [-0.1, -0.05) is 29.8 Å². The van der Waals surface area contributed by atoms with E-state index in [-0.39, 0.29) is 5.69 Å². The lowest BCUT2D eigenvalue weighted by atomic mass is 10.0. The van der Waals surface area contributed by atoms with Gasteiger partial charge >= 0.3 is 5.97 Å². The Labute approximate surface area is 149 Å². The summed E-state index contributed by atoms with van der Waals surface area (Å²) in [6, 6.07) is 12.4. The topological polar surface area (TPSA) is 66.2 Å². The van der Waals surface area contributed by atoms with Crippen LogP contribution in [0.4, 0.5) is 0 Å². The molecule has 1 aliphatic heterocycles. The molecule has 1 aromatic carbocycles. The van der Waals surface area contributed by atoms with Crippen molar-refractivity contribution in [3.05, 3.63) is 76.7 Å². The third-order valence-corrected chi connectivity index (χ3v) is 4.14. The van der Waals surface area contributed by atoms with E-state index in [1.54, 1.807) is 41.3 Å². The highest BCUT2D eigenvalue weighted by Crippen LogP contribution is 2.28. The molecule has 6 nitrogen and oxygen atoms in total. The predicted molar refractivity (Wildman–Crippen MR) is 90.7 cm³/mol. The zero-order valence-corrected chi connectivity index (χ0v) is 13.9. The molecule has 0 saturated carbocycles. The molecule has 0 N–H and O–H groups in total. The molecular formula is C18H14ClN3O3. The molecule has 0 fully saturated rings. The molecule has 25 heavy (non-hydrogen) atoms. The molecule has 2 aromatic heterocycles. The highest BCUT2D eigenvalue weighted by atomic mass is 35.5. The van der Waals surface area contributed by atoms with Crippen molar-refractivity contribution >= 4 is 17.6 Å². The minimum absolute atomic E-state index is 0.220. The second kappa shape index (κ2) is 6.57. The third-order valence-electron chi connectivity index (χ3n) is 3.89. The van der Waals surface area contributed by atoms with Crippen LogP contribution in [0, 0.1) is 0 Å². The Bertz CT molecular complexity index is 872. The van der Waals surface area contributed by atoms with Crippen LogP contribution in [0.1, 0.15) is 27.7 Å². The Balaban J connectivity index is 1.63. The number of pyridine rings is 1. The van der Waals surface area contributed by atoms with Gasteiger partial charge in [0.25, 0.3) is 0 Å². The van der Waals surface area contributed by atoms with Crippen molar-refractivity contribution in [2.24, 2.45) is 0 Å². The zero-order valence-electron chi connectivity index (χ0n) is 13.1. The number of fused-ring (bicyclic) bond motifs is 1. The van der Waals surface area contributed by atoms with Crippen molar-refractivity contribution in [1.82, 2.24) is 14.8 Å².